The molecule has 5 nitrogen and oxygen atoms in total. The minimum atomic E-state index is -5.25. The van der Waals surface area contributed by atoms with Gasteiger partial charge in [0.1, 0.15) is 0 Å². The van der Waals surface area contributed by atoms with Crippen molar-refractivity contribution in [2.45, 2.75) is 25.1 Å². The zero-order valence-electron chi connectivity index (χ0n) is 13.5. The molecule has 136 valence electrons. The molecule has 0 spiro atoms. The molecule has 0 radical (unpaired) electrons. The molecular weight excluding hydrogens is 349 g/mol. The van der Waals surface area contributed by atoms with E-state index in [1.807, 2.05) is 0 Å². The summed E-state index contributed by atoms with van der Waals surface area (Å²) in [5, 5.41) is 10.5. The third-order valence-corrected chi connectivity index (χ3v) is 4.17. The zero-order valence-corrected chi connectivity index (χ0v) is 13.5. The number of carbonyl (C=O) groups excluding carboxylic acids is 2. The van der Waals surface area contributed by atoms with E-state index in [1.165, 1.54) is 24.3 Å². The molecule has 0 aromatic heterocycles. The van der Waals surface area contributed by atoms with Gasteiger partial charge in [0.2, 0.25) is 0 Å². The van der Waals surface area contributed by atoms with Crippen LogP contribution in [0.1, 0.15) is 11.1 Å². The predicted molar refractivity (Wildman–Crippen MR) is 85.0 cm³/mol. The average molecular weight is 364 g/mol. The molecule has 26 heavy (non-hydrogen) atoms. The van der Waals surface area contributed by atoms with Gasteiger partial charge in [0, 0.05) is 0 Å². The molecule has 1 aliphatic heterocycles. The number of hydrogen-bond acceptors (Lipinski definition) is 3. The van der Waals surface area contributed by atoms with Gasteiger partial charge in [-0.2, -0.15) is 13.2 Å². The van der Waals surface area contributed by atoms with E-state index >= 15 is 0 Å². The maximum Gasteiger partial charge on any atom is 0.458 e. The van der Waals surface area contributed by atoms with Crippen LogP contribution in [0.5, 0.6) is 0 Å². The summed E-state index contributed by atoms with van der Waals surface area (Å²) in [6, 6.07) is 15.7. The van der Waals surface area contributed by atoms with E-state index in [1.54, 1.807) is 36.4 Å². The SMILES string of the molecule is O=C1C(=O)N(Cc2ccccc2)C(O)(C(F)(F)F)N1Cc1ccccc1. The Morgan fingerprint density at radius 3 is 1.42 bits per heavy atom. The molecule has 0 aliphatic carbocycles. The van der Waals surface area contributed by atoms with Gasteiger partial charge in [0.05, 0.1) is 13.1 Å². The highest BCUT2D eigenvalue weighted by Crippen LogP contribution is 2.42. The fourth-order valence-electron chi connectivity index (χ4n) is 2.86. The number of rotatable bonds is 4. The van der Waals surface area contributed by atoms with Gasteiger partial charge in [-0.1, -0.05) is 60.7 Å². The predicted octanol–water partition coefficient (Wildman–Crippen LogP) is 2.27. The lowest BCUT2D eigenvalue weighted by Crippen LogP contribution is -2.63. The highest BCUT2D eigenvalue weighted by molar-refractivity contribution is 6.37. The van der Waals surface area contributed by atoms with E-state index in [0.717, 1.165) is 0 Å². The van der Waals surface area contributed by atoms with E-state index in [0.29, 0.717) is 11.1 Å². The Kier molecular flexibility index (Phi) is 4.45. The van der Waals surface area contributed by atoms with Crippen LogP contribution in [0.4, 0.5) is 13.2 Å². The van der Waals surface area contributed by atoms with Crippen molar-refractivity contribution in [1.29, 1.82) is 0 Å². The molecule has 1 aliphatic rings. The van der Waals surface area contributed by atoms with Crippen LogP contribution in [-0.2, 0) is 22.7 Å². The van der Waals surface area contributed by atoms with Gasteiger partial charge in [0.15, 0.2) is 0 Å². The summed E-state index contributed by atoms with van der Waals surface area (Å²) in [6.45, 7) is -1.10. The van der Waals surface area contributed by atoms with Crippen LogP contribution < -0.4 is 0 Å². The fraction of sp³-hybridized carbons (Fsp3) is 0.222. The van der Waals surface area contributed by atoms with Gasteiger partial charge in [-0.3, -0.25) is 19.4 Å². The van der Waals surface area contributed by atoms with Crippen molar-refractivity contribution in [3.05, 3.63) is 71.8 Å². The molecule has 0 atom stereocenters. The van der Waals surface area contributed by atoms with Crippen molar-refractivity contribution in [1.82, 2.24) is 9.80 Å². The Bertz CT molecular complexity index is 750. The summed E-state index contributed by atoms with van der Waals surface area (Å²) in [7, 11) is 0. The van der Waals surface area contributed by atoms with Crippen LogP contribution in [0.25, 0.3) is 0 Å². The summed E-state index contributed by atoms with van der Waals surface area (Å²) in [5.41, 5.74) is 0.718. The third kappa shape index (κ3) is 2.92. The number of nitrogens with zero attached hydrogens (tertiary/aromatic N) is 2. The smallest absolute Gasteiger partial charge is 0.347 e. The van der Waals surface area contributed by atoms with Crippen LogP contribution >= 0.6 is 0 Å². The summed E-state index contributed by atoms with van der Waals surface area (Å²) in [5.74, 6) is -6.51. The molecule has 0 unspecified atom stereocenters. The molecule has 3 rings (SSSR count). The molecular formula is C18H15F3N2O3. The summed E-state index contributed by atoms with van der Waals surface area (Å²) >= 11 is 0. The number of benzene rings is 2. The quantitative estimate of drug-likeness (QED) is 0.847. The maximum atomic E-state index is 13.8. The number of carbonyl (C=O) groups is 2. The number of hydrogen-bond donors (Lipinski definition) is 1. The zero-order chi connectivity index (χ0) is 18.9. The third-order valence-electron chi connectivity index (χ3n) is 4.17. The Labute approximate surface area is 147 Å². The normalized spacial score (nSPS) is 17.1. The van der Waals surface area contributed by atoms with Crippen LogP contribution in [0.3, 0.4) is 0 Å². The Morgan fingerprint density at radius 2 is 1.12 bits per heavy atom. The minimum Gasteiger partial charge on any atom is -0.347 e. The molecule has 0 saturated carbocycles. The largest absolute Gasteiger partial charge is 0.458 e. The monoisotopic (exact) mass is 364 g/mol. The first-order chi connectivity index (χ1) is 12.2. The second-order valence-corrected chi connectivity index (χ2v) is 5.89. The fourth-order valence-corrected chi connectivity index (χ4v) is 2.86. The van der Waals surface area contributed by atoms with Gasteiger partial charge < -0.3 is 5.11 Å². The van der Waals surface area contributed by atoms with Crippen LogP contribution in [0, 0.1) is 0 Å². The second kappa shape index (κ2) is 6.45. The highest BCUT2D eigenvalue weighted by atomic mass is 19.4. The van der Waals surface area contributed by atoms with Crippen molar-refractivity contribution in [3.63, 3.8) is 0 Å². The Hall–Kier alpha value is -2.87. The van der Waals surface area contributed by atoms with Gasteiger partial charge >= 0.3 is 23.8 Å². The maximum absolute atomic E-state index is 13.8. The highest BCUT2D eigenvalue weighted by Gasteiger charge is 2.70. The van der Waals surface area contributed by atoms with E-state index in [4.69, 9.17) is 0 Å². The van der Waals surface area contributed by atoms with Gasteiger partial charge in [-0.15, -0.1) is 0 Å². The van der Waals surface area contributed by atoms with E-state index in [-0.39, 0.29) is 9.80 Å². The first-order valence-electron chi connectivity index (χ1n) is 7.75. The molecule has 2 aromatic rings. The van der Waals surface area contributed by atoms with Crippen molar-refractivity contribution in [2.75, 3.05) is 0 Å². The van der Waals surface area contributed by atoms with Gasteiger partial charge in [-0.05, 0) is 11.1 Å². The van der Waals surface area contributed by atoms with Gasteiger partial charge in [-0.25, -0.2) is 0 Å². The standard InChI is InChI=1S/C18H15F3N2O3/c19-17(20,21)18(26)22(11-13-7-3-1-4-8-13)15(24)16(25)23(18)12-14-9-5-2-6-10-14/h1-10,26H,11-12H2. The van der Waals surface area contributed by atoms with Crippen molar-refractivity contribution >= 4 is 11.8 Å². The van der Waals surface area contributed by atoms with Gasteiger partial charge in [0.25, 0.3) is 0 Å². The number of alkyl halides is 3. The number of amides is 2. The molecule has 2 aromatic carbocycles. The van der Waals surface area contributed by atoms with Crippen molar-refractivity contribution < 1.29 is 27.9 Å². The summed E-state index contributed by atoms with van der Waals surface area (Å²) in [6.07, 6.45) is -5.25. The molecule has 1 saturated heterocycles. The first-order valence-corrected chi connectivity index (χ1v) is 7.75. The van der Waals surface area contributed by atoms with Crippen LogP contribution in [-0.4, -0.2) is 38.7 Å². The summed E-state index contributed by atoms with van der Waals surface area (Å²) < 4.78 is 41.3. The summed E-state index contributed by atoms with van der Waals surface area (Å²) in [4.78, 5) is 24.8. The Balaban J connectivity index is 2.01. The second-order valence-electron chi connectivity index (χ2n) is 5.89. The Morgan fingerprint density at radius 1 is 0.769 bits per heavy atom. The lowest BCUT2D eigenvalue weighted by Gasteiger charge is -2.39. The first kappa shape index (κ1) is 17.9. The van der Waals surface area contributed by atoms with Crippen LogP contribution in [0.2, 0.25) is 0 Å². The van der Waals surface area contributed by atoms with E-state index < -0.39 is 36.9 Å². The van der Waals surface area contributed by atoms with E-state index in [2.05, 4.69) is 0 Å². The molecule has 2 amide bonds. The topological polar surface area (TPSA) is 60.9 Å². The molecule has 1 heterocycles. The lowest BCUT2D eigenvalue weighted by atomic mass is 10.2. The minimum absolute atomic E-state index is 0.160. The molecule has 1 N–H and O–H groups in total. The van der Waals surface area contributed by atoms with Crippen molar-refractivity contribution in [3.8, 4) is 0 Å². The average Bonchev–Trinajstić information content (AvgIpc) is 2.80. The molecule has 1 fully saturated rings. The molecule has 8 heteroatoms. The lowest BCUT2D eigenvalue weighted by molar-refractivity contribution is -0.349. The van der Waals surface area contributed by atoms with E-state index in [9.17, 15) is 27.9 Å². The molecule has 0 bridgehead atoms. The van der Waals surface area contributed by atoms with Crippen molar-refractivity contribution in [2.24, 2.45) is 0 Å². The number of aliphatic hydroxyl groups is 1. The van der Waals surface area contributed by atoms with Crippen LogP contribution in [0.15, 0.2) is 60.7 Å². The number of halogens is 3.